The first-order valence-corrected chi connectivity index (χ1v) is 7.67. The minimum absolute atomic E-state index is 0.0851. The molecule has 0 aromatic heterocycles. The minimum Gasteiger partial charge on any atom is -0.383 e. The number of rotatable bonds is 5. The Labute approximate surface area is 127 Å². The summed E-state index contributed by atoms with van der Waals surface area (Å²) < 4.78 is 5.44. The third-order valence-corrected chi connectivity index (χ3v) is 4.20. The lowest BCUT2D eigenvalue weighted by Gasteiger charge is -2.39. The summed E-state index contributed by atoms with van der Waals surface area (Å²) in [6, 6.07) is 0.448. The average molecular weight is 290 g/mol. The van der Waals surface area contributed by atoms with Crippen LogP contribution in [0.4, 0.5) is 0 Å². The summed E-state index contributed by atoms with van der Waals surface area (Å²) in [5.74, 6) is 0.0851. The maximum atomic E-state index is 12.4. The maximum absolute atomic E-state index is 12.4. The van der Waals surface area contributed by atoms with Gasteiger partial charge in [0.15, 0.2) is 0 Å². The Morgan fingerprint density at radius 3 is 2.67 bits per heavy atom. The van der Waals surface area contributed by atoms with Gasteiger partial charge in [-0.2, -0.15) is 0 Å². The van der Waals surface area contributed by atoms with E-state index in [0.717, 1.165) is 37.9 Å². The van der Waals surface area contributed by atoms with Crippen molar-refractivity contribution in [3.8, 4) is 0 Å². The van der Waals surface area contributed by atoms with E-state index < -0.39 is 0 Å². The fraction of sp³-hybridized carbons (Fsp3) is 0.588. The van der Waals surface area contributed by atoms with E-state index in [1.807, 2.05) is 37.3 Å². The molecule has 2 aliphatic rings. The van der Waals surface area contributed by atoms with Crippen molar-refractivity contribution in [2.45, 2.75) is 37.8 Å². The number of nitrogens with zero attached hydrogens (tertiary/aromatic N) is 2. The summed E-state index contributed by atoms with van der Waals surface area (Å²) in [4.78, 5) is 16.5. The third-order valence-electron chi connectivity index (χ3n) is 4.20. The van der Waals surface area contributed by atoms with Crippen molar-refractivity contribution >= 4 is 5.78 Å². The number of ketones is 1. The molecule has 0 spiro atoms. The molecule has 1 aliphatic heterocycles. The number of hydrogen-bond acceptors (Lipinski definition) is 4. The van der Waals surface area contributed by atoms with E-state index in [2.05, 4.69) is 11.0 Å². The van der Waals surface area contributed by atoms with Gasteiger partial charge in [0.1, 0.15) is 0 Å². The molecule has 0 amide bonds. The predicted octanol–water partition coefficient (Wildman–Crippen LogP) is 2.34. The van der Waals surface area contributed by atoms with E-state index in [1.54, 1.807) is 13.2 Å². The van der Waals surface area contributed by atoms with Gasteiger partial charge in [-0.1, -0.05) is 12.2 Å². The Morgan fingerprint density at radius 2 is 2.05 bits per heavy atom. The molecule has 2 rings (SSSR count). The molecule has 0 saturated heterocycles. The molecule has 4 heteroatoms. The minimum atomic E-state index is 0.0851. The molecule has 0 atom stereocenters. The fourth-order valence-corrected chi connectivity index (χ4v) is 2.99. The number of ether oxygens (including phenoxy) is 1. The highest BCUT2D eigenvalue weighted by atomic mass is 16.5. The topological polar surface area (TPSA) is 32.8 Å². The van der Waals surface area contributed by atoms with Crippen LogP contribution >= 0.6 is 0 Å². The van der Waals surface area contributed by atoms with Crippen LogP contribution in [0.5, 0.6) is 0 Å². The molecule has 0 unspecified atom stereocenters. The molecule has 0 N–H and O–H groups in total. The van der Waals surface area contributed by atoms with Gasteiger partial charge >= 0.3 is 0 Å². The molecule has 1 heterocycles. The standard InChI is InChI=1S/C17H26N2O2/c1-18(2)13-11-17(20)16-6-4-5-12-19(16)14-7-9-15(21-3)10-8-14/h4-6,11,13-15H,7-10,12H2,1-3H3/b13-11+. The molecule has 0 bridgehead atoms. The summed E-state index contributed by atoms with van der Waals surface area (Å²) in [7, 11) is 5.63. The second kappa shape index (κ2) is 7.46. The number of methoxy groups -OCH3 is 1. The Kier molecular flexibility index (Phi) is 5.62. The van der Waals surface area contributed by atoms with Crippen molar-refractivity contribution in [1.29, 1.82) is 0 Å². The van der Waals surface area contributed by atoms with Crippen LogP contribution in [0.2, 0.25) is 0 Å². The third kappa shape index (κ3) is 4.21. The average Bonchev–Trinajstić information content (AvgIpc) is 2.52. The van der Waals surface area contributed by atoms with Gasteiger partial charge < -0.3 is 14.5 Å². The molecule has 1 fully saturated rings. The first-order chi connectivity index (χ1) is 10.1. The van der Waals surface area contributed by atoms with Gasteiger partial charge in [-0.25, -0.2) is 0 Å². The van der Waals surface area contributed by atoms with Gasteiger partial charge in [-0.05, 0) is 31.8 Å². The number of hydrogen-bond donors (Lipinski definition) is 0. The second-order valence-electron chi connectivity index (χ2n) is 5.94. The molecular formula is C17H26N2O2. The summed E-state index contributed by atoms with van der Waals surface area (Å²) in [5.41, 5.74) is 0.816. The van der Waals surface area contributed by atoms with E-state index in [9.17, 15) is 4.79 Å². The van der Waals surface area contributed by atoms with E-state index in [1.165, 1.54) is 0 Å². The van der Waals surface area contributed by atoms with Crippen LogP contribution < -0.4 is 0 Å². The maximum Gasteiger partial charge on any atom is 0.203 e. The molecule has 0 aromatic rings. The highest BCUT2D eigenvalue weighted by Gasteiger charge is 2.28. The van der Waals surface area contributed by atoms with E-state index in [-0.39, 0.29) is 5.78 Å². The largest absolute Gasteiger partial charge is 0.383 e. The first kappa shape index (κ1) is 15.8. The number of carbonyl (C=O) groups is 1. The van der Waals surface area contributed by atoms with Gasteiger partial charge in [0.2, 0.25) is 5.78 Å². The van der Waals surface area contributed by atoms with Gasteiger partial charge in [0, 0.05) is 46.1 Å². The van der Waals surface area contributed by atoms with Gasteiger partial charge in [0.05, 0.1) is 11.8 Å². The molecule has 4 nitrogen and oxygen atoms in total. The fourth-order valence-electron chi connectivity index (χ4n) is 2.99. The van der Waals surface area contributed by atoms with Crippen LogP contribution in [0.1, 0.15) is 25.7 Å². The molecule has 21 heavy (non-hydrogen) atoms. The van der Waals surface area contributed by atoms with Crippen LogP contribution in [0.3, 0.4) is 0 Å². The van der Waals surface area contributed by atoms with Crippen molar-refractivity contribution in [2.75, 3.05) is 27.7 Å². The van der Waals surface area contributed by atoms with E-state index in [0.29, 0.717) is 12.1 Å². The van der Waals surface area contributed by atoms with E-state index >= 15 is 0 Å². The molecule has 1 saturated carbocycles. The predicted molar refractivity (Wildman–Crippen MR) is 84.8 cm³/mol. The molecule has 0 aromatic carbocycles. The SMILES string of the molecule is COC1CCC(N2CC=CC=C2C(=O)/C=C/N(C)C)CC1. The lowest BCUT2D eigenvalue weighted by atomic mass is 9.90. The van der Waals surface area contributed by atoms with Crippen molar-refractivity contribution in [3.63, 3.8) is 0 Å². The lowest BCUT2D eigenvalue weighted by Crippen LogP contribution is -2.41. The van der Waals surface area contributed by atoms with Crippen LogP contribution in [0.25, 0.3) is 0 Å². The number of allylic oxidation sites excluding steroid dienone is 3. The smallest absolute Gasteiger partial charge is 0.203 e. The molecule has 1 aliphatic carbocycles. The lowest BCUT2D eigenvalue weighted by molar-refractivity contribution is -0.113. The van der Waals surface area contributed by atoms with Gasteiger partial charge in [-0.3, -0.25) is 4.79 Å². The van der Waals surface area contributed by atoms with Crippen LogP contribution in [0.15, 0.2) is 36.2 Å². The van der Waals surface area contributed by atoms with Crippen LogP contribution in [-0.2, 0) is 9.53 Å². The van der Waals surface area contributed by atoms with Crippen LogP contribution in [0, 0.1) is 0 Å². The van der Waals surface area contributed by atoms with Crippen molar-refractivity contribution in [3.05, 3.63) is 36.2 Å². The highest BCUT2D eigenvalue weighted by Crippen LogP contribution is 2.28. The molecule has 0 radical (unpaired) electrons. The molecular weight excluding hydrogens is 264 g/mol. The highest BCUT2D eigenvalue weighted by molar-refractivity contribution is 6.03. The Hall–Kier alpha value is -1.55. The zero-order chi connectivity index (χ0) is 15.2. The van der Waals surface area contributed by atoms with Gasteiger partial charge in [0.25, 0.3) is 0 Å². The van der Waals surface area contributed by atoms with E-state index in [4.69, 9.17) is 4.74 Å². The Bertz CT molecular complexity index is 444. The number of carbonyl (C=O) groups excluding carboxylic acids is 1. The second-order valence-corrected chi connectivity index (χ2v) is 5.94. The van der Waals surface area contributed by atoms with Crippen molar-refractivity contribution < 1.29 is 9.53 Å². The summed E-state index contributed by atoms with van der Waals surface area (Å²) in [6.45, 7) is 0.829. The van der Waals surface area contributed by atoms with Gasteiger partial charge in [-0.15, -0.1) is 0 Å². The quantitative estimate of drug-likeness (QED) is 0.728. The summed E-state index contributed by atoms with van der Waals surface area (Å²) >= 11 is 0. The zero-order valence-electron chi connectivity index (χ0n) is 13.3. The Morgan fingerprint density at radius 1 is 1.33 bits per heavy atom. The zero-order valence-corrected chi connectivity index (χ0v) is 13.3. The Balaban J connectivity index is 2.03. The molecule has 116 valence electrons. The summed E-state index contributed by atoms with van der Waals surface area (Å²) in [5, 5.41) is 0. The van der Waals surface area contributed by atoms with Crippen molar-refractivity contribution in [1.82, 2.24) is 9.80 Å². The van der Waals surface area contributed by atoms with Crippen LogP contribution in [-0.4, -0.2) is 55.5 Å². The monoisotopic (exact) mass is 290 g/mol. The normalized spacial score (nSPS) is 26.0. The summed E-state index contributed by atoms with van der Waals surface area (Å²) in [6.07, 6.45) is 14.2. The first-order valence-electron chi connectivity index (χ1n) is 7.67. The van der Waals surface area contributed by atoms with Crippen molar-refractivity contribution in [2.24, 2.45) is 0 Å².